The number of ether oxygens (including phenoxy) is 12. The monoisotopic (exact) mass is 1750 g/mol. The summed E-state index contributed by atoms with van der Waals surface area (Å²) in [5.74, 6) is -5.85. The highest BCUT2D eigenvalue weighted by Gasteiger charge is 2.63. The number of aromatic nitrogens is 2. The summed E-state index contributed by atoms with van der Waals surface area (Å²) in [7, 11) is -1.87. The number of aromatic amines is 1. The van der Waals surface area contributed by atoms with Gasteiger partial charge in [-0.25, -0.2) is 28.1 Å². The Morgan fingerprint density at radius 2 is 1.31 bits per heavy atom. The highest BCUT2D eigenvalue weighted by molar-refractivity contribution is 7.85. The van der Waals surface area contributed by atoms with Crippen molar-refractivity contribution in [1.82, 2.24) is 51.1 Å². The molecule has 14 atom stereocenters. The molecule has 4 fully saturated rings. The summed E-state index contributed by atoms with van der Waals surface area (Å²) >= 11 is 17.6. The first-order valence-corrected chi connectivity index (χ1v) is 43.9. The van der Waals surface area contributed by atoms with E-state index in [9.17, 15) is 32.4 Å². The molecule has 5 aliphatic heterocycles. The maximum Gasteiger partial charge on any atom is 0.407 e. The van der Waals surface area contributed by atoms with E-state index in [1.807, 2.05) is 13.8 Å². The molecule has 0 aliphatic carbocycles. The Bertz CT molecular complexity index is 3880. The Morgan fingerprint density at radius 1 is 0.712 bits per heavy atom. The molecule has 38 heteroatoms. The zero-order chi connectivity index (χ0) is 87.3. The van der Waals surface area contributed by atoms with Gasteiger partial charge in [-0.15, -0.1) is 0 Å². The number of guanidine groups is 1. The van der Waals surface area contributed by atoms with E-state index >= 15 is 14.4 Å². The predicted octanol–water partition coefficient (Wildman–Crippen LogP) is 9.56. The molecule has 7 rings (SSSR count). The fourth-order valence-corrected chi connectivity index (χ4v) is 15.8. The molecule has 6 heterocycles. The normalized spacial score (nSPS) is 22.9. The van der Waals surface area contributed by atoms with Crippen LogP contribution in [0.2, 0.25) is 0 Å². The van der Waals surface area contributed by atoms with Crippen LogP contribution in [0.5, 0.6) is 11.5 Å². The van der Waals surface area contributed by atoms with Gasteiger partial charge in [-0.1, -0.05) is 153 Å². The van der Waals surface area contributed by atoms with E-state index in [2.05, 4.69) is 53.5 Å². The molecule has 1 aromatic heterocycles. The first-order chi connectivity index (χ1) is 55.3. The molecule has 670 valence electrons. The number of fused-ring (bicyclic) bond motifs is 2. The van der Waals surface area contributed by atoms with Gasteiger partial charge in [0, 0.05) is 43.5 Å². The number of amides is 5. The van der Waals surface area contributed by atoms with Crippen molar-refractivity contribution in [3.8, 4) is 11.5 Å². The quantitative estimate of drug-likeness (QED) is 0.0132. The van der Waals surface area contributed by atoms with Crippen LogP contribution in [0.25, 0.3) is 0 Å². The van der Waals surface area contributed by atoms with Crippen molar-refractivity contribution in [2.24, 2.45) is 10.9 Å². The van der Waals surface area contributed by atoms with Crippen LogP contribution in [0, 0.1) is 5.92 Å². The zero-order valence-corrected chi connectivity index (χ0v) is 74.9. The average molecular weight is 1750 g/mol. The first-order valence-electron chi connectivity index (χ1n) is 41.4. The van der Waals surface area contributed by atoms with Crippen molar-refractivity contribution < 1.29 is 98.2 Å². The predicted molar refractivity (Wildman–Crippen MR) is 441 cm³/mol. The number of nitrogens with one attached hydrogen (secondary N) is 8. The molecule has 1 aromatic carbocycles. The van der Waals surface area contributed by atoms with Gasteiger partial charge in [0.15, 0.2) is 24.1 Å². The molecule has 0 spiro atoms. The zero-order valence-electron chi connectivity index (χ0n) is 71.8. The number of alkyl halides is 3. The summed E-state index contributed by atoms with van der Waals surface area (Å²) in [5.41, 5.74) is -4.06. The molecule has 34 nitrogen and oxygen atoms in total. The highest BCUT2D eigenvalue weighted by Crippen LogP contribution is 2.48. The number of aliphatic imine (C=N–C) groups is 1. The summed E-state index contributed by atoms with van der Waals surface area (Å²) in [6.45, 7) is 26.3. The Kier molecular flexibility index (Phi) is 36.9. The van der Waals surface area contributed by atoms with Gasteiger partial charge in [0.2, 0.25) is 21.6 Å². The van der Waals surface area contributed by atoms with Crippen molar-refractivity contribution in [2.75, 3.05) is 47.0 Å². The van der Waals surface area contributed by atoms with E-state index in [0.29, 0.717) is 37.0 Å². The number of nitrogens with zero attached hydrogens (tertiary/aromatic N) is 3. The molecule has 0 radical (unpaired) electrons. The molecule has 1 unspecified atom stereocenters. The van der Waals surface area contributed by atoms with Crippen molar-refractivity contribution >= 4 is 86.9 Å². The molecule has 0 bridgehead atoms. The lowest BCUT2D eigenvalue weighted by molar-refractivity contribution is -0.276. The minimum absolute atomic E-state index is 0.0268. The Morgan fingerprint density at radius 3 is 1.89 bits per heavy atom. The van der Waals surface area contributed by atoms with Gasteiger partial charge in [0.05, 0.1) is 26.8 Å². The average Bonchev–Trinajstić information content (AvgIpc) is 1.56. The van der Waals surface area contributed by atoms with E-state index in [0.717, 1.165) is 49.2 Å². The maximum absolute atomic E-state index is 16.5. The number of urea groups is 1. The SMILES string of the molecule is CCCCCCCCCCCCCCCC(C(=O)NCCCN[C@H](C(=O)OC(C)(C)C)[C@H](O[C@@H]1O[C@H](CNC(=O)OC(C)(C)C)[C@H]2OC(CC)(CC)O[C@@H]12)[C@H]1O[C@@H](n2ccc(=O)[nH]c2=O)[C@@H]2OC(C)(C)O[C@H]12)N(Cc1ccc(OC)cc1OC)C(=O)[C@@H](NC(=O)N[C@H](C(=O)OC(C)(C)C)C(C)C)[C@@H]1CCN=C(NS(=O)(=O)OCC(Cl)(Cl)Cl)N1. The molecular weight excluding hydrogens is 1620 g/mol. The van der Waals surface area contributed by atoms with E-state index in [4.69, 9.17) is 95.8 Å². The number of halogens is 3. The van der Waals surface area contributed by atoms with Gasteiger partial charge in [-0.3, -0.25) is 33.7 Å². The van der Waals surface area contributed by atoms with Crippen LogP contribution >= 0.6 is 34.8 Å². The number of unbranched alkanes of at least 4 members (excludes halogenated alkanes) is 12. The first kappa shape index (κ1) is 98.8. The highest BCUT2D eigenvalue weighted by atomic mass is 35.6. The van der Waals surface area contributed by atoms with E-state index in [1.54, 1.807) is 108 Å². The second kappa shape index (κ2) is 44.1. The van der Waals surface area contributed by atoms with Crippen molar-refractivity contribution in [2.45, 2.75) is 351 Å². The summed E-state index contributed by atoms with van der Waals surface area (Å²) in [6, 6.07) is -1.98. The minimum Gasteiger partial charge on any atom is -0.497 e. The Balaban J connectivity index is 1.28. The summed E-state index contributed by atoms with van der Waals surface area (Å²) in [4.78, 5) is 124. The van der Waals surface area contributed by atoms with Gasteiger partial charge in [0.1, 0.15) is 102 Å². The standard InChI is InChI=1S/C80H130Cl3N11O23S/c1-19-22-23-24-25-26-27-28-29-30-31-32-33-35-52(94(46-49-36-37-50(105-17)44-53(49)106-18)66(97)57(91-72(100)90-56(48(4)5)68(98)115-75(6,7)8)51-38-42-86-71(88-51)92-118(103,104)107-47-80(81,82)83)65(96)85-41-34-40-84-58(69(99)116-76(9,10)11)60(61-62-63(112-78(15,16)111-62)67(109-61)93-43-39-55(95)89-73(93)101)110-70-64-59(113-79(20-2,21-3)114-64)54(108-70)45-87-74(102)117-77(12,13)14/h36-37,39,43-44,48,51-52,54,56-64,67,70,84H,19-35,38,40-42,45-47H2,1-18H3,(H,85,96)(H,87,102)(H2,86,88,92)(H,89,95,101)(H2,90,91,100)/t51-,52?,54+,56-,57-,58-,59+,60-,61+,62+,63+,64+,67+,70-/m0/s1. The van der Waals surface area contributed by atoms with Gasteiger partial charge in [0.25, 0.3) is 5.56 Å². The Labute approximate surface area is 709 Å². The number of esters is 2. The number of carbonyl (C=O) groups is 6. The summed E-state index contributed by atoms with van der Waals surface area (Å²) in [5, 5.41) is 17.7. The van der Waals surface area contributed by atoms with E-state index in [-0.39, 0.29) is 57.7 Å². The molecule has 4 saturated heterocycles. The number of alkyl carbamates (subject to hydrolysis) is 1. The minimum atomic E-state index is -4.78. The smallest absolute Gasteiger partial charge is 0.407 e. The summed E-state index contributed by atoms with van der Waals surface area (Å²) in [6.07, 6.45) is 4.12. The second-order valence-corrected chi connectivity index (χ2v) is 38.1. The Hall–Kier alpha value is -6.35. The molecule has 0 saturated carbocycles. The maximum atomic E-state index is 16.5. The molecule has 5 amide bonds. The molecule has 5 aliphatic rings. The number of hydrogen-bond donors (Lipinski definition) is 8. The van der Waals surface area contributed by atoms with Crippen molar-refractivity contribution in [3.63, 3.8) is 0 Å². The lowest BCUT2D eigenvalue weighted by Gasteiger charge is -2.38. The largest absolute Gasteiger partial charge is 0.497 e. The van der Waals surface area contributed by atoms with Gasteiger partial charge >= 0.3 is 40.1 Å². The lowest BCUT2D eigenvalue weighted by Crippen LogP contribution is -2.65. The molecule has 118 heavy (non-hydrogen) atoms. The van der Waals surface area contributed by atoms with Crippen LogP contribution in [0.4, 0.5) is 9.59 Å². The topological polar surface area (TPSA) is 411 Å². The van der Waals surface area contributed by atoms with Crippen LogP contribution < -0.4 is 57.3 Å². The van der Waals surface area contributed by atoms with Crippen LogP contribution in [0.1, 0.15) is 238 Å². The third-order valence-corrected chi connectivity index (χ3v) is 21.5. The summed E-state index contributed by atoms with van der Waals surface area (Å²) < 4.78 is 109. The number of methoxy groups -OCH3 is 2. The van der Waals surface area contributed by atoms with Crippen molar-refractivity contribution in [3.05, 3.63) is 56.9 Å². The van der Waals surface area contributed by atoms with Crippen LogP contribution in [-0.4, -0.2) is 223 Å². The van der Waals surface area contributed by atoms with E-state index < -0.39 is 194 Å². The third kappa shape index (κ3) is 30.3. The molecule has 8 N–H and O–H groups in total. The van der Waals surface area contributed by atoms with Gasteiger partial charge in [-0.05, 0) is 133 Å². The van der Waals surface area contributed by atoms with Gasteiger partial charge < -0.3 is 93.6 Å². The second-order valence-electron chi connectivity index (χ2n) is 34.2. The van der Waals surface area contributed by atoms with Crippen LogP contribution in [0.3, 0.4) is 0 Å². The third-order valence-electron chi connectivity index (χ3n) is 20.3. The fraction of sp³-hybridized carbons (Fsp3) is 0.787. The molecular formula is C80H130Cl3N11O23S. The molecule has 2 aromatic rings. The van der Waals surface area contributed by atoms with Crippen LogP contribution in [0.15, 0.2) is 45.0 Å². The van der Waals surface area contributed by atoms with E-state index in [1.165, 1.54) is 57.4 Å². The lowest BCUT2D eigenvalue weighted by atomic mass is 9.98. The number of rotatable bonds is 44. The number of H-pyrrole nitrogens is 1. The van der Waals surface area contributed by atoms with Crippen molar-refractivity contribution in [1.29, 1.82) is 0 Å². The van der Waals surface area contributed by atoms with Crippen LogP contribution in [-0.2, 0) is 87.6 Å². The number of benzene rings is 1. The number of hydrogen-bond acceptors (Lipinski definition) is 26. The number of carbonyl (C=O) groups excluding carboxylic acids is 6. The van der Waals surface area contributed by atoms with Gasteiger partial charge in [-0.2, -0.15) is 8.42 Å². The fourth-order valence-electron chi connectivity index (χ4n) is 14.6.